The predicted molar refractivity (Wildman–Crippen MR) is 105 cm³/mol. The lowest BCUT2D eigenvalue weighted by Crippen LogP contribution is -2.43. The summed E-state index contributed by atoms with van der Waals surface area (Å²) in [6, 6.07) is 0. The number of guanidine groups is 1. The standard InChI is InChI=1S/C19H38N4O3/c1-3-4-10-24-14-15-25-11-6-21-19(20-2)23-7-5-18(17-23)16-22-8-12-26-13-9-22/h18H,3-17H2,1-2H3,(H,20,21). The molecule has 0 amide bonds. The molecule has 0 spiro atoms. The molecule has 2 aliphatic heterocycles. The van der Waals surface area contributed by atoms with Gasteiger partial charge in [0.15, 0.2) is 5.96 Å². The van der Waals surface area contributed by atoms with E-state index in [0.717, 1.165) is 70.8 Å². The second-order valence-corrected chi connectivity index (χ2v) is 7.07. The Morgan fingerprint density at radius 2 is 1.88 bits per heavy atom. The number of nitrogens with zero attached hydrogens (tertiary/aromatic N) is 3. The van der Waals surface area contributed by atoms with E-state index < -0.39 is 0 Å². The van der Waals surface area contributed by atoms with Crippen LogP contribution in [0.5, 0.6) is 0 Å². The molecule has 26 heavy (non-hydrogen) atoms. The Hall–Kier alpha value is -0.890. The molecule has 0 aromatic heterocycles. The van der Waals surface area contributed by atoms with E-state index in [1.54, 1.807) is 0 Å². The third-order valence-corrected chi connectivity index (χ3v) is 4.96. The number of unbranched alkanes of at least 4 members (excludes halogenated alkanes) is 1. The van der Waals surface area contributed by atoms with Gasteiger partial charge in [-0.05, 0) is 18.8 Å². The van der Waals surface area contributed by atoms with E-state index in [1.165, 1.54) is 19.4 Å². The minimum atomic E-state index is 0.662. The quantitative estimate of drug-likeness (QED) is 0.333. The second-order valence-electron chi connectivity index (χ2n) is 7.07. The Morgan fingerprint density at radius 1 is 1.12 bits per heavy atom. The lowest BCUT2D eigenvalue weighted by molar-refractivity contribution is 0.0315. The zero-order valence-corrected chi connectivity index (χ0v) is 16.8. The lowest BCUT2D eigenvalue weighted by Gasteiger charge is -2.29. The van der Waals surface area contributed by atoms with Gasteiger partial charge in [-0.2, -0.15) is 0 Å². The Morgan fingerprint density at radius 3 is 2.62 bits per heavy atom. The van der Waals surface area contributed by atoms with Crippen LogP contribution in [-0.2, 0) is 14.2 Å². The van der Waals surface area contributed by atoms with Gasteiger partial charge in [0.25, 0.3) is 0 Å². The van der Waals surface area contributed by atoms with Crippen LogP contribution in [-0.4, -0.2) is 102 Å². The highest BCUT2D eigenvalue weighted by Crippen LogP contribution is 2.18. The number of aliphatic imine (C=N–C) groups is 1. The Labute approximate surface area is 159 Å². The van der Waals surface area contributed by atoms with E-state index in [2.05, 4.69) is 27.0 Å². The molecule has 0 radical (unpaired) electrons. The van der Waals surface area contributed by atoms with E-state index in [9.17, 15) is 0 Å². The fourth-order valence-electron chi connectivity index (χ4n) is 3.46. The molecule has 2 heterocycles. The maximum Gasteiger partial charge on any atom is 0.193 e. The number of likely N-dealkylation sites (tertiary alicyclic amines) is 1. The van der Waals surface area contributed by atoms with E-state index >= 15 is 0 Å². The fraction of sp³-hybridized carbons (Fsp3) is 0.947. The molecule has 2 rings (SSSR count). The molecule has 152 valence electrons. The molecule has 0 aromatic rings. The smallest absolute Gasteiger partial charge is 0.193 e. The average molecular weight is 371 g/mol. The van der Waals surface area contributed by atoms with Gasteiger partial charge in [0, 0.05) is 52.9 Å². The summed E-state index contributed by atoms with van der Waals surface area (Å²) >= 11 is 0. The molecule has 0 aliphatic carbocycles. The van der Waals surface area contributed by atoms with E-state index in [0.29, 0.717) is 19.8 Å². The van der Waals surface area contributed by atoms with Crippen molar-refractivity contribution in [1.82, 2.24) is 15.1 Å². The molecule has 0 saturated carbocycles. The van der Waals surface area contributed by atoms with Crippen LogP contribution in [0.15, 0.2) is 4.99 Å². The molecule has 7 nitrogen and oxygen atoms in total. The number of hydrogen-bond acceptors (Lipinski definition) is 5. The van der Waals surface area contributed by atoms with Gasteiger partial charge in [0.05, 0.1) is 33.0 Å². The molecule has 0 bridgehead atoms. The summed E-state index contributed by atoms with van der Waals surface area (Å²) in [5, 5.41) is 3.42. The van der Waals surface area contributed by atoms with Gasteiger partial charge < -0.3 is 24.4 Å². The minimum Gasteiger partial charge on any atom is -0.379 e. The summed E-state index contributed by atoms with van der Waals surface area (Å²) in [5.74, 6) is 1.72. The van der Waals surface area contributed by atoms with Crippen molar-refractivity contribution in [1.29, 1.82) is 0 Å². The van der Waals surface area contributed by atoms with Gasteiger partial charge >= 0.3 is 0 Å². The molecule has 2 fully saturated rings. The van der Waals surface area contributed by atoms with E-state index in [4.69, 9.17) is 14.2 Å². The second kappa shape index (κ2) is 13.3. The third-order valence-electron chi connectivity index (χ3n) is 4.96. The average Bonchev–Trinajstić information content (AvgIpc) is 3.12. The van der Waals surface area contributed by atoms with Crippen molar-refractivity contribution in [3.8, 4) is 0 Å². The first-order valence-electron chi connectivity index (χ1n) is 10.2. The Bertz CT molecular complexity index is 389. The lowest BCUT2D eigenvalue weighted by atomic mass is 10.1. The number of morpholine rings is 1. The first-order chi connectivity index (χ1) is 12.8. The molecular formula is C19H38N4O3. The van der Waals surface area contributed by atoms with Gasteiger partial charge in [0.2, 0.25) is 0 Å². The first-order valence-corrected chi connectivity index (χ1v) is 10.2. The molecule has 2 saturated heterocycles. The summed E-state index contributed by atoms with van der Waals surface area (Å²) in [5.41, 5.74) is 0. The third kappa shape index (κ3) is 8.20. The van der Waals surface area contributed by atoms with Crippen molar-refractivity contribution in [2.24, 2.45) is 10.9 Å². The van der Waals surface area contributed by atoms with Crippen LogP contribution in [0.25, 0.3) is 0 Å². The van der Waals surface area contributed by atoms with Crippen LogP contribution < -0.4 is 5.32 Å². The molecule has 0 aromatic carbocycles. The van der Waals surface area contributed by atoms with Crippen LogP contribution in [0.4, 0.5) is 0 Å². The number of nitrogens with one attached hydrogen (secondary N) is 1. The van der Waals surface area contributed by atoms with Gasteiger partial charge in [-0.1, -0.05) is 13.3 Å². The molecule has 1 N–H and O–H groups in total. The van der Waals surface area contributed by atoms with E-state index in [1.807, 2.05) is 7.05 Å². The van der Waals surface area contributed by atoms with Crippen molar-refractivity contribution < 1.29 is 14.2 Å². The van der Waals surface area contributed by atoms with Crippen LogP contribution in [0.2, 0.25) is 0 Å². The molecule has 7 heteroatoms. The molecule has 1 atom stereocenters. The van der Waals surface area contributed by atoms with Crippen LogP contribution in [0.3, 0.4) is 0 Å². The normalized spacial score (nSPS) is 22.2. The zero-order valence-electron chi connectivity index (χ0n) is 16.8. The molecule has 1 unspecified atom stereocenters. The largest absolute Gasteiger partial charge is 0.379 e. The monoisotopic (exact) mass is 370 g/mol. The zero-order chi connectivity index (χ0) is 18.5. The topological polar surface area (TPSA) is 58.6 Å². The van der Waals surface area contributed by atoms with Crippen LogP contribution in [0, 0.1) is 5.92 Å². The maximum absolute atomic E-state index is 5.61. The van der Waals surface area contributed by atoms with Crippen molar-refractivity contribution in [2.75, 3.05) is 86.0 Å². The molecular weight excluding hydrogens is 332 g/mol. The van der Waals surface area contributed by atoms with Gasteiger partial charge in [-0.3, -0.25) is 9.89 Å². The number of rotatable bonds is 11. The van der Waals surface area contributed by atoms with E-state index in [-0.39, 0.29) is 0 Å². The number of hydrogen-bond donors (Lipinski definition) is 1. The summed E-state index contributed by atoms with van der Waals surface area (Å²) in [6.07, 6.45) is 3.54. The SMILES string of the molecule is CCCCOCCOCCNC(=NC)N1CCC(CN2CCOCC2)C1. The minimum absolute atomic E-state index is 0.662. The van der Waals surface area contributed by atoms with Crippen molar-refractivity contribution in [3.63, 3.8) is 0 Å². The van der Waals surface area contributed by atoms with Crippen LogP contribution in [0.1, 0.15) is 26.2 Å². The highest BCUT2D eigenvalue weighted by atomic mass is 16.5. The summed E-state index contributed by atoms with van der Waals surface area (Å²) < 4.78 is 16.5. The van der Waals surface area contributed by atoms with Gasteiger partial charge in [-0.25, -0.2) is 0 Å². The Kier molecular flexibility index (Phi) is 11.0. The fourth-order valence-corrected chi connectivity index (χ4v) is 3.46. The number of ether oxygens (including phenoxy) is 3. The Balaban J connectivity index is 1.53. The van der Waals surface area contributed by atoms with Gasteiger partial charge in [-0.15, -0.1) is 0 Å². The molecule has 2 aliphatic rings. The van der Waals surface area contributed by atoms with Crippen molar-refractivity contribution in [2.45, 2.75) is 26.2 Å². The van der Waals surface area contributed by atoms with Gasteiger partial charge in [0.1, 0.15) is 0 Å². The summed E-state index contributed by atoms with van der Waals surface area (Å²) in [7, 11) is 1.86. The van der Waals surface area contributed by atoms with Crippen molar-refractivity contribution in [3.05, 3.63) is 0 Å². The maximum atomic E-state index is 5.61. The highest BCUT2D eigenvalue weighted by Gasteiger charge is 2.26. The predicted octanol–water partition coefficient (Wildman–Crippen LogP) is 1.05. The summed E-state index contributed by atoms with van der Waals surface area (Å²) in [6.45, 7) is 13.1. The first kappa shape index (κ1) is 21.4. The highest BCUT2D eigenvalue weighted by molar-refractivity contribution is 5.80. The van der Waals surface area contributed by atoms with Crippen molar-refractivity contribution >= 4 is 5.96 Å². The van der Waals surface area contributed by atoms with Crippen LogP contribution >= 0.6 is 0 Å². The summed E-state index contributed by atoms with van der Waals surface area (Å²) in [4.78, 5) is 9.34.